The zero-order chi connectivity index (χ0) is 15.1. The number of halogens is 1. The van der Waals surface area contributed by atoms with E-state index in [2.05, 4.69) is 12.2 Å². The SMILES string of the molecule is CCCCOc1cccc(NC(=O)c2cccc(Cl)c2)c1. The van der Waals surface area contributed by atoms with Crippen LogP contribution < -0.4 is 10.1 Å². The van der Waals surface area contributed by atoms with Gasteiger partial charge in [0.05, 0.1) is 6.61 Å². The Balaban J connectivity index is 2.02. The fourth-order valence-corrected chi connectivity index (χ4v) is 2.02. The Morgan fingerprint density at radius 3 is 2.76 bits per heavy atom. The first-order valence-corrected chi connectivity index (χ1v) is 7.36. The fraction of sp³-hybridized carbons (Fsp3) is 0.235. The van der Waals surface area contributed by atoms with E-state index in [0.717, 1.165) is 18.6 Å². The molecule has 0 radical (unpaired) electrons. The zero-order valence-corrected chi connectivity index (χ0v) is 12.7. The van der Waals surface area contributed by atoms with Crippen LogP contribution in [0.25, 0.3) is 0 Å². The second kappa shape index (κ2) is 7.70. The molecule has 0 fully saturated rings. The topological polar surface area (TPSA) is 38.3 Å². The second-order valence-electron chi connectivity index (χ2n) is 4.69. The van der Waals surface area contributed by atoms with Gasteiger partial charge < -0.3 is 10.1 Å². The van der Waals surface area contributed by atoms with Gasteiger partial charge in [0, 0.05) is 22.3 Å². The molecule has 0 heterocycles. The molecule has 0 aliphatic carbocycles. The summed E-state index contributed by atoms with van der Waals surface area (Å²) in [5, 5.41) is 3.38. The van der Waals surface area contributed by atoms with Crippen LogP contribution in [0.3, 0.4) is 0 Å². The minimum absolute atomic E-state index is 0.191. The van der Waals surface area contributed by atoms with Crippen LogP contribution in [-0.4, -0.2) is 12.5 Å². The van der Waals surface area contributed by atoms with Crippen molar-refractivity contribution in [3.63, 3.8) is 0 Å². The number of amides is 1. The summed E-state index contributed by atoms with van der Waals surface area (Å²) in [6.45, 7) is 2.80. The van der Waals surface area contributed by atoms with Crippen LogP contribution in [0.4, 0.5) is 5.69 Å². The van der Waals surface area contributed by atoms with Crippen LogP contribution in [0.2, 0.25) is 5.02 Å². The molecule has 4 heteroatoms. The van der Waals surface area contributed by atoms with E-state index in [9.17, 15) is 4.79 Å². The predicted molar refractivity (Wildman–Crippen MR) is 86.3 cm³/mol. The first-order valence-electron chi connectivity index (χ1n) is 6.99. The summed E-state index contributed by atoms with van der Waals surface area (Å²) in [6, 6.07) is 14.2. The van der Waals surface area contributed by atoms with Gasteiger partial charge in [-0.3, -0.25) is 4.79 Å². The maximum absolute atomic E-state index is 12.1. The van der Waals surface area contributed by atoms with Gasteiger partial charge in [-0.2, -0.15) is 0 Å². The number of benzene rings is 2. The molecule has 0 aliphatic heterocycles. The van der Waals surface area contributed by atoms with Gasteiger partial charge in [0.25, 0.3) is 5.91 Å². The highest BCUT2D eigenvalue weighted by molar-refractivity contribution is 6.31. The lowest BCUT2D eigenvalue weighted by atomic mass is 10.2. The summed E-state index contributed by atoms with van der Waals surface area (Å²) < 4.78 is 5.62. The van der Waals surface area contributed by atoms with Crippen molar-refractivity contribution in [1.29, 1.82) is 0 Å². The number of nitrogens with one attached hydrogen (secondary N) is 1. The van der Waals surface area contributed by atoms with Crippen LogP contribution in [0.5, 0.6) is 5.75 Å². The smallest absolute Gasteiger partial charge is 0.255 e. The predicted octanol–water partition coefficient (Wildman–Crippen LogP) is 4.77. The Hall–Kier alpha value is -2.00. The molecular weight excluding hydrogens is 286 g/mol. The second-order valence-corrected chi connectivity index (χ2v) is 5.13. The van der Waals surface area contributed by atoms with Crippen LogP contribution in [-0.2, 0) is 0 Å². The molecule has 0 saturated carbocycles. The van der Waals surface area contributed by atoms with Gasteiger partial charge in [-0.1, -0.05) is 37.1 Å². The van der Waals surface area contributed by atoms with Crippen molar-refractivity contribution in [3.05, 3.63) is 59.1 Å². The molecule has 110 valence electrons. The fourth-order valence-electron chi connectivity index (χ4n) is 1.83. The molecular formula is C17H18ClNO2. The molecule has 0 bridgehead atoms. The summed E-state index contributed by atoms with van der Waals surface area (Å²) in [4.78, 5) is 12.1. The van der Waals surface area contributed by atoms with E-state index in [1.165, 1.54) is 0 Å². The van der Waals surface area contributed by atoms with E-state index in [1.807, 2.05) is 24.3 Å². The minimum atomic E-state index is -0.191. The quantitative estimate of drug-likeness (QED) is 0.781. The van der Waals surface area contributed by atoms with Gasteiger partial charge in [0.2, 0.25) is 0 Å². The highest BCUT2D eigenvalue weighted by Crippen LogP contribution is 2.19. The summed E-state index contributed by atoms with van der Waals surface area (Å²) in [5.41, 5.74) is 1.23. The Morgan fingerprint density at radius 2 is 2.00 bits per heavy atom. The van der Waals surface area contributed by atoms with E-state index in [-0.39, 0.29) is 5.91 Å². The summed E-state index contributed by atoms with van der Waals surface area (Å²) in [7, 11) is 0. The van der Waals surface area contributed by atoms with Crippen molar-refractivity contribution in [2.45, 2.75) is 19.8 Å². The molecule has 21 heavy (non-hydrogen) atoms. The highest BCUT2D eigenvalue weighted by Gasteiger charge is 2.07. The number of carbonyl (C=O) groups is 1. The molecule has 0 unspecified atom stereocenters. The van der Waals surface area contributed by atoms with E-state index in [4.69, 9.17) is 16.3 Å². The van der Waals surface area contributed by atoms with Gasteiger partial charge in [-0.15, -0.1) is 0 Å². The lowest BCUT2D eigenvalue weighted by Gasteiger charge is -2.09. The third kappa shape index (κ3) is 4.80. The first-order chi connectivity index (χ1) is 10.2. The average molecular weight is 304 g/mol. The van der Waals surface area contributed by atoms with Gasteiger partial charge in [-0.25, -0.2) is 0 Å². The minimum Gasteiger partial charge on any atom is -0.494 e. The Labute approximate surface area is 129 Å². The van der Waals surface area contributed by atoms with E-state index in [1.54, 1.807) is 24.3 Å². The third-order valence-corrected chi connectivity index (χ3v) is 3.18. The molecule has 0 aromatic heterocycles. The summed E-state index contributed by atoms with van der Waals surface area (Å²) >= 11 is 5.89. The van der Waals surface area contributed by atoms with Crippen molar-refractivity contribution >= 4 is 23.2 Å². The molecule has 0 atom stereocenters. The molecule has 1 amide bonds. The van der Waals surface area contributed by atoms with Gasteiger partial charge in [-0.05, 0) is 36.8 Å². The van der Waals surface area contributed by atoms with Crippen molar-refractivity contribution in [1.82, 2.24) is 0 Å². The maximum Gasteiger partial charge on any atom is 0.255 e. The number of ether oxygens (including phenoxy) is 1. The number of carbonyl (C=O) groups excluding carboxylic acids is 1. The number of rotatable bonds is 6. The van der Waals surface area contributed by atoms with E-state index >= 15 is 0 Å². The number of unbranched alkanes of at least 4 members (excludes halogenated alkanes) is 1. The van der Waals surface area contributed by atoms with Crippen LogP contribution >= 0.6 is 11.6 Å². The molecule has 2 aromatic carbocycles. The largest absolute Gasteiger partial charge is 0.494 e. The maximum atomic E-state index is 12.1. The summed E-state index contributed by atoms with van der Waals surface area (Å²) in [5.74, 6) is 0.565. The zero-order valence-electron chi connectivity index (χ0n) is 11.9. The molecule has 0 saturated heterocycles. The number of hydrogen-bond acceptors (Lipinski definition) is 2. The molecule has 1 N–H and O–H groups in total. The normalized spacial score (nSPS) is 10.2. The summed E-state index contributed by atoms with van der Waals surface area (Å²) in [6.07, 6.45) is 2.10. The number of hydrogen-bond donors (Lipinski definition) is 1. The molecule has 0 aliphatic rings. The Morgan fingerprint density at radius 1 is 1.19 bits per heavy atom. The lowest BCUT2D eigenvalue weighted by Crippen LogP contribution is -2.11. The van der Waals surface area contributed by atoms with Crippen LogP contribution in [0.1, 0.15) is 30.1 Å². The highest BCUT2D eigenvalue weighted by atomic mass is 35.5. The van der Waals surface area contributed by atoms with E-state index < -0.39 is 0 Å². The molecule has 0 spiro atoms. The van der Waals surface area contributed by atoms with Crippen molar-refractivity contribution < 1.29 is 9.53 Å². The number of anilines is 1. The van der Waals surface area contributed by atoms with Crippen molar-refractivity contribution in [3.8, 4) is 5.75 Å². The van der Waals surface area contributed by atoms with Crippen molar-refractivity contribution in [2.24, 2.45) is 0 Å². The van der Waals surface area contributed by atoms with Gasteiger partial charge >= 0.3 is 0 Å². The third-order valence-electron chi connectivity index (χ3n) is 2.95. The standard InChI is InChI=1S/C17H18ClNO2/c1-2-3-10-21-16-9-5-8-15(12-16)19-17(20)13-6-4-7-14(18)11-13/h4-9,11-12H,2-3,10H2,1H3,(H,19,20). The van der Waals surface area contributed by atoms with Crippen LogP contribution in [0.15, 0.2) is 48.5 Å². The monoisotopic (exact) mass is 303 g/mol. The molecule has 3 nitrogen and oxygen atoms in total. The van der Waals surface area contributed by atoms with Gasteiger partial charge in [0.15, 0.2) is 0 Å². The van der Waals surface area contributed by atoms with Crippen LogP contribution in [0, 0.1) is 0 Å². The molecule has 2 aromatic rings. The lowest BCUT2D eigenvalue weighted by molar-refractivity contribution is 0.102. The average Bonchev–Trinajstić information content (AvgIpc) is 2.48. The van der Waals surface area contributed by atoms with E-state index in [0.29, 0.717) is 22.9 Å². The molecule has 2 rings (SSSR count). The first kappa shape index (κ1) is 15.4. The van der Waals surface area contributed by atoms with Gasteiger partial charge in [0.1, 0.15) is 5.75 Å². The Bertz CT molecular complexity index is 613. The van der Waals surface area contributed by atoms with Crippen molar-refractivity contribution in [2.75, 3.05) is 11.9 Å². The Kier molecular flexibility index (Phi) is 5.64.